The molecule has 7 nitrogen and oxygen atoms in total. The first-order chi connectivity index (χ1) is 13.2. The molecule has 1 aromatic carbocycles. The normalized spacial score (nSPS) is 17.0. The van der Waals surface area contributed by atoms with Crippen molar-refractivity contribution in [3.05, 3.63) is 66.2 Å². The third-order valence-corrected chi connectivity index (χ3v) is 4.90. The average Bonchev–Trinajstić information content (AvgIpc) is 3.39. The van der Waals surface area contributed by atoms with E-state index in [9.17, 15) is 4.79 Å². The SMILES string of the molecule is CN(Cc1cnn(-c2ccccc2)c1)C(=O)c1ccn(C2CCCNC2)n1. The number of piperidine rings is 1. The molecule has 27 heavy (non-hydrogen) atoms. The fourth-order valence-corrected chi connectivity index (χ4v) is 3.42. The van der Waals surface area contributed by atoms with Crippen LogP contribution in [0.3, 0.4) is 0 Å². The van der Waals surface area contributed by atoms with Gasteiger partial charge in [-0.2, -0.15) is 10.2 Å². The van der Waals surface area contributed by atoms with Crippen LogP contribution in [0.1, 0.15) is 34.9 Å². The molecule has 3 heterocycles. The van der Waals surface area contributed by atoms with Crippen LogP contribution < -0.4 is 5.32 Å². The molecule has 3 aromatic rings. The molecule has 7 heteroatoms. The van der Waals surface area contributed by atoms with Gasteiger partial charge in [0.15, 0.2) is 0 Å². The van der Waals surface area contributed by atoms with E-state index in [4.69, 9.17) is 0 Å². The molecule has 1 amide bonds. The summed E-state index contributed by atoms with van der Waals surface area (Å²) in [5, 5.41) is 12.3. The van der Waals surface area contributed by atoms with Crippen LogP contribution in [0.15, 0.2) is 55.0 Å². The molecule has 1 saturated heterocycles. The second kappa shape index (κ2) is 7.75. The summed E-state index contributed by atoms with van der Waals surface area (Å²) in [7, 11) is 1.80. The molecular weight excluding hydrogens is 340 g/mol. The zero-order valence-electron chi connectivity index (χ0n) is 15.5. The van der Waals surface area contributed by atoms with Crippen molar-refractivity contribution in [2.75, 3.05) is 20.1 Å². The van der Waals surface area contributed by atoms with Crippen LogP contribution in [0.4, 0.5) is 0 Å². The third-order valence-electron chi connectivity index (χ3n) is 4.90. The maximum Gasteiger partial charge on any atom is 0.274 e. The molecule has 1 aliphatic rings. The van der Waals surface area contributed by atoms with E-state index < -0.39 is 0 Å². The van der Waals surface area contributed by atoms with Crippen molar-refractivity contribution in [3.8, 4) is 5.69 Å². The second-order valence-corrected chi connectivity index (χ2v) is 6.97. The van der Waals surface area contributed by atoms with Crippen LogP contribution in [0.25, 0.3) is 5.69 Å². The van der Waals surface area contributed by atoms with E-state index in [0.29, 0.717) is 18.3 Å². The number of rotatable bonds is 5. The Labute approximate surface area is 158 Å². The third kappa shape index (κ3) is 3.93. The number of carbonyl (C=O) groups is 1. The van der Waals surface area contributed by atoms with Gasteiger partial charge < -0.3 is 10.2 Å². The minimum atomic E-state index is -0.0787. The van der Waals surface area contributed by atoms with E-state index >= 15 is 0 Å². The Hall–Kier alpha value is -2.93. The van der Waals surface area contributed by atoms with Crippen molar-refractivity contribution < 1.29 is 4.79 Å². The number of aromatic nitrogens is 4. The summed E-state index contributed by atoms with van der Waals surface area (Å²) in [6.45, 7) is 2.45. The van der Waals surface area contributed by atoms with Crippen molar-refractivity contribution >= 4 is 5.91 Å². The Morgan fingerprint density at radius 3 is 2.93 bits per heavy atom. The minimum Gasteiger partial charge on any atom is -0.336 e. The van der Waals surface area contributed by atoms with Crippen LogP contribution in [-0.4, -0.2) is 50.5 Å². The predicted octanol–water partition coefficient (Wildman–Crippen LogP) is 2.27. The lowest BCUT2D eigenvalue weighted by molar-refractivity contribution is 0.0778. The monoisotopic (exact) mass is 364 g/mol. The van der Waals surface area contributed by atoms with E-state index in [1.54, 1.807) is 24.2 Å². The van der Waals surface area contributed by atoms with Gasteiger partial charge in [-0.25, -0.2) is 4.68 Å². The summed E-state index contributed by atoms with van der Waals surface area (Å²) in [5.41, 5.74) is 2.46. The average molecular weight is 364 g/mol. The van der Waals surface area contributed by atoms with Gasteiger partial charge in [-0.05, 0) is 37.6 Å². The van der Waals surface area contributed by atoms with Gasteiger partial charge in [0.25, 0.3) is 5.91 Å². The molecule has 4 rings (SSSR count). The van der Waals surface area contributed by atoms with Gasteiger partial charge in [0.05, 0.1) is 17.9 Å². The maximum atomic E-state index is 12.7. The summed E-state index contributed by atoms with van der Waals surface area (Å²) >= 11 is 0. The quantitative estimate of drug-likeness (QED) is 0.754. The van der Waals surface area contributed by atoms with Gasteiger partial charge >= 0.3 is 0 Å². The fraction of sp³-hybridized carbons (Fsp3) is 0.350. The number of nitrogens with one attached hydrogen (secondary N) is 1. The lowest BCUT2D eigenvalue weighted by Crippen LogP contribution is -2.32. The molecule has 0 aliphatic carbocycles. The van der Waals surface area contributed by atoms with Gasteiger partial charge in [0, 0.05) is 38.1 Å². The van der Waals surface area contributed by atoms with Crippen molar-refractivity contribution in [1.29, 1.82) is 0 Å². The highest BCUT2D eigenvalue weighted by Gasteiger charge is 2.20. The van der Waals surface area contributed by atoms with Crippen LogP contribution in [0.5, 0.6) is 0 Å². The number of benzene rings is 1. The largest absolute Gasteiger partial charge is 0.336 e. The standard InChI is InChI=1S/C20H24N6O/c1-24(14-16-12-22-26(15-16)17-6-3-2-4-7-17)20(27)19-9-11-25(23-19)18-8-5-10-21-13-18/h2-4,6-7,9,11-12,15,18,21H,5,8,10,13-14H2,1H3. The Kier molecular flexibility index (Phi) is 5.02. The molecule has 0 bridgehead atoms. The summed E-state index contributed by atoms with van der Waals surface area (Å²) < 4.78 is 3.74. The van der Waals surface area contributed by atoms with Gasteiger partial charge in [-0.1, -0.05) is 18.2 Å². The fourth-order valence-electron chi connectivity index (χ4n) is 3.42. The second-order valence-electron chi connectivity index (χ2n) is 6.97. The molecule has 1 aliphatic heterocycles. The number of hydrogen-bond acceptors (Lipinski definition) is 4. The molecular formula is C20H24N6O. The molecule has 2 aromatic heterocycles. The van der Waals surface area contributed by atoms with Crippen molar-refractivity contribution in [3.63, 3.8) is 0 Å². The minimum absolute atomic E-state index is 0.0787. The Morgan fingerprint density at radius 1 is 1.30 bits per heavy atom. The molecule has 140 valence electrons. The highest BCUT2D eigenvalue weighted by Crippen LogP contribution is 2.16. The van der Waals surface area contributed by atoms with Gasteiger partial charge in [0.1, 0.15) is 5.69 Å². The Morgan fingerprint density at radius 2 is 2.15 bits per heavy atom. The maximum absolute atomic E-state index is 12.7. The predicted molar refractivity (Wildman–Crippen MR) is 103 cm³/mol. The van der Waals surface area contributed by atoms with E-state index in [2.05, 4.69) is 15.5 Å². The van der Waals surface area contributed by atoms with E-state index in [1.165, 1.54) is 0 Å². The van der Waals surface area contributed by atoms with Crippen LogP contribution in [-0.2, 0) is 6.54 Å². The zero-order chi connectivity index (χ0) is 18.6. The lowest BCUT2D eigenvalue weighted by atomic mass is 10.1. The highest BCUT2D eigenvalue weighted by molar-refractivity contribution is 5.91. The molecule has 1 atom stereocenters. The summed E-state index contributed by atoms with van der Waals surface area (Å²) in [4.78, 5) is 14.4. The van der Waals surface area contributed by atoms with Crippen LogP contribution >= 0.6 is 0 Å². The Bertz CT molecular complexity index is 894. The summed E-state index contributed by atoms with van der Waals surface area (Å²) in [6.07, 6.45) is 7.89. The van der Waals surface area contributed by atoms with E-state index in [0.717, 1.165) is 37.2 Å². The van der Waals surface area contributed by atoms with Crippen LogP contribution in [0, 0.1) is 0 Å². The molecule has 1 fully saturated rings. The molecule has 1 N–H and O–H groups in total. The van der Waals surface area contributed by atoms with E-state index in [1.807, 2.05) is 52.1 Å². The summed E-state index contributed by atoms with van der Waals surface area (Å²) in [6, 6.07) is 12.1. The number of nitrogens with zero attached hydrogens (tertiary/aromatic N) is 5. The van der Waals surface area contributed by atoms with Crippen LogP contribution in [0.2, 0.25) is 0 Å². The highest BCUT2D eigenvalue weighted by atomic mass is 16.2. The van der Waals surface area contributed by atoms with Gasteiger partial charge in [0.2, 0.25) is 0 Å². The van der Waals surface area contributed by atoms with Crippen molar-refractivity contribution in [2.24, 2.45) is 0 Å². The van der Waals surface area contributed by atoms with Crippen molar-refractivity contribution in [2.45, 2.75) is 25.4 Å². The lowest BCUT2D eigenvalue weighted by Gasteiger charge is -2.23. The van der Waals surface area contributed by atoms with E-state index in [-0.39, 0.29) is 5.91 Å². The number of amides is 1. The molecule has 1 unspecified atom stereocenters. The topological polar surface area (TPSA) is 68.0 Å². The smallest absolute Gasteiger partial charge is 0.274 e. The number of hydrogen-bond donors (Lipinski definition) is 1. The first-order valence-electron chi connectivity index (χ1n) is 9.31. The zero-order valence-corrected chi connectivity index (χ0v) is 15.5. The Balaban J connectivity index is 1.41. The molecule has 0 saturated carbocycles. The first-order valence-corrected chi connectivity index (χ1v) is 9.31. The van der Waals surface area contributed by atoms with Gasteiger partial charge in [-0.15, -0.1) is 0 Å². The molecule has 0 radical (unpaired) electrons. The molecule has 0 spiro atoms. The first kappa shape index (κ1) is 17.5. The van der Waals surface area contributed by atoms with Crippen molar-refractivity contribution in [1.82, 2.24) is 29.8 Å². The number of para-hydroxylation sites is 1. The number of carbonyl (C=O) groups excluding carboxylic acids is 1. The van der Waals surface area contributed by atoms with Gasteiger partial charge in [-0.3, -0.25) is 9.48 Å². The summed E-state index contributed by atoms with van der Waals surface area (Å²) in [5.74, 6) is -0.0787.